The third-order valence-electron chi connectivity index (χ3n) is 2.12. The van der Waals surface area contributed by atoms with Gasteiger partial charge in [-0.05, 0) is 31.5 Å². The van der Waals surface area contributed by atoms with Crippen LogP contribution in [0.4, 0.5) is 0 Å². The van der Waals surface area contributed by atoms with E-state index in [0.717, 1.165) is 0 Å². The van der Waals surface area contributed by atoms with Crippen molar-refractivity contribution in [3.05, 3.63) is 28.8 Å². The van der Waals surface area contributed by atoms with Gasteiger partial charge in [-0.1, -0.05) is 0 Å². The molecule has 0 amide bonds. The molecule has 0 aliphatic heterocycles. The van der Waals surface area contributed by atoms with E-state index in [4.69, 9.17) is 10.00 Å². The second-order valence-corrected chi connectivity index (χ2v) is 2.98. The predicted octanol–water partition coefficient (Wildman–Crippen LogP) is 2.08. The number of nitriles is 1. The molecule has 0 bridgehead atoms. The van der Waals surface area contributed by atoms with Gasteiger partial charge in [-0.25, -0.2) is 0 Å². The van der Waals surface area contributed by atoms with Gasteiger partial charge in [0.2, 0.25) is 0 Å². The maximum absolute atomic E-state index is 11.3. The molecule has 0 radical (unpaired) electrons. The molecule has 0 N–H and O–H groups in total. The highest BCUT2D eigenvalue weighted by atomic mass is 16.5. The molecule has 1 aromatic carbocycles. The number of hydrogen-bond donors (Lipinski definition) is 0. The van der Waals surface area contributed by atoms with Gasteiger partial charge in [0.25, 0.3) is 0 Å². The fourth-order valence-electron chi connectivity index (χ4n) is 1.42. The highest BCUT2D eigenvalue weighted by Gasteiger charge is 2.13. The first kappa shape index (κ1) is 10.3. The molecular weight excluding hydrogens is 178 g/mol. The Morgan fingerprint density at radius 3 is 2.57 bits per heavy atom. The van der Waals surface area contributed by atoms with E-state index in [9.17, 15) is 4.79 Å². The number of carbonyl (C=O) groups is 1. The van der Waals surface area contributed by atoms with Crippen LogP contribution in [0, 0.1) is 18.3 Å². The van der Waals surface area contributed by atoms with Gasteiger partial charge in [0.1, 0.15) is 5.75 Å². The van der Waals surface area contributed by atoms with Crippen LogP contribution >= 0.6 is 0 Å². The first-order valence-corrected chi connectivity index (χ1v) is 4.20. The standard InChI is InChI=1S/C11H11NO2/c1-7-9(6-12)4-5-10(14-3)11(7)8(2)13/h4-5H,1-3H3. The first-order valence-electron chi connectivity index (χ1n) is 4.20. The van der Waals surface area contributed by atoms with Crippen LogP contribution in [-0.4, -0.2) is 12.9 Å². The van der Waals surface area contributed by atoms with E-state index >= 15 is 0 Å². The van der Waals surface area contributed by atoms with E-state index in [1.165, 1.54) is 14.0 Å². The Morgan fingerprint density at radius 2 is 2.14 bits per heavy atom. The van der Waals surface area contributed by atoms with E-state index in [-0.39, 0.29) is 5.78 Å². The summed E-state index contributed by atoms with van der Waals surface area (Å²) >= 11 is 0. The summed E-state index contributed by atoms with van der Waals surface area (Å²) < 4.78 is 5.06. The molecule has 3 nitrogen and oxygen atoms in total. The molecule has 0 aliphatic rings. The zero-order valence-electron chi connectivity index (χ0n) is 8.42. The van der Waals surface area contributed by atoms with Crippen molar-refractivity contribution in [1.82, 2.24) is 0 Å². The minimum absolute atomic E-state index is 0.0866. The van der Waals surface area contributed by atoms with Crippen LogP contribution in [0.3, 0.4) is 0 Å². The minimum Gasteiger partial charge on any atom is -0.496 e. The summed E-state index contributed by atoms with van der Waals surface area (Å²) in [5.74, 6) is 0.436. The monoisotopic (exact) mass is 189 g/mol. The second-order valence-electron chi connectivity index (χ2n) is 2.98. The van der Waals surface area contributed by atoms with Crippen molar-refractivity contribution < 1.29 is 9.53 Å². The van der Waals surface area contributed by atoms with E-state index in [2.05, 4.69) is 0 Å². The number of benzene rings is 1. The van der Waals surface area contributed by atoms with E-state index in [1.54, 1.807) is 19.1 Å². The zero-order chi connectivity index (χ0) is 10.7. The van der Waals surface area contributed by atoms with Gasteiger partial charge >= 0.3 is 0 Å². The van der Waals surface area contributed by atoms with Gasteiger partial charge in [-0.15, -0.1) is 0 Å². The summed E-state index contributed by atoms with van der Waals surface area (Å²) in [6.07, 6.45) is 0. The summed E-state index contributed by atoms with van der Waals surface area (Å²) in [5, 5.41) is 8.79. The fraction of sp³-hybridized carbons (Fsp3) is 0.273. The molecule has 0 aromatic heterocycles. The van der Waals surface area contributed by atoms with Gasteiger partial charge < -0.3 is 4.74 Å². The number of ether oxygens (including phenoxy) is 1. The number of ketones is 1. The molecule has 0 atom stereocenters. The Kier molecular flexibility index (Phi) is 2.88. The Labute approximate surface area is 82.9 Å². The third-order valence-corrected chi connectivity index (χ3v) is 2.12. The molecule has 72 valence electrons. The number of hydrogen-bond acceptors (Lipinski definition) is 3. The molecule has 1 rings (SSSR count). The van der Waals surface area contributed by atoms with Crippen molar-refractivity contribution >= 4 is 5.78 Å². The molecule has 0 fully saturated rings. The maximum atomic E-state index is 11.3. The average Bonchev–Trinajstić information content (AvgIpc) is 2.16. The van der Waals surface area contributed by atoms with Gasteiger partial charge in [0, 0.05) is 0 Å². The highest BCUT2D eigenvalue weighted by Crippen LogP contribution is 2.24. The number of methoxy groups -OCH3 is 1. The summed E-state index contributed by atoms with van der Waals surface area (Å²) in [6.45, 7) is 3.21. The van der Waals surface area contributed by atoms with Gasteiger partial charge in [0.15, 0.2) is 5.78 Å². The number of rotatable bonds is 2. The summed E-state index contributed by atoms with van der Waals surface area (Å²) in [4.78, 5) is 11.3. The molecule has 1 aromatic rings. The summed E-state index contributed by atoms with van der Waals surface area (Å²) in [5.41, 5.74) is 1.68. The molecule has 0 unspecified atom stereocenters. The summed E-state index contributed by atoms with van der Waals surface area (Å²) in [6, 6.07) is 5.33. The third kappa shape index (κ3) is 1.60. The lowest BCUT2D eigenvalue weighted by atomic mass is 9.99. The van der Waals surface area contributed by atoms with Crippen molar-refractivity contribution in [2.75, 3.05) is 7.11 Å². The van der Waals surface area contributed by atoms with Gasteiger partial charge in [0.05, 0.1) is 24.3 Å². The van der Waals surface area contributed by atoms with E-state index < -0.39 is 0 Å². The molecule has 3 heteroatoms. The first-order chi connectivity index (χ1) is 6.61. The topological polar surface area (TPSA) is 50.1 Å². The quantitative estimate of drug-likeness (QED) is 0.669. The van der Waals surface area contributed by atoms with Crippen molar-refractivity contribution in [3.63, 3.8) is 0 Å². The smallest absolute Gasteiger partial charge is 0.163 e. The van der Waals surface area contributed by atoms with Crippen LogP contribution in [0.2, 0.25) is 0 Å². The normalized spacial score (nSPS) is 9.29. The van der Waals surface area contributed by atoms with Crippen LogP contribution in [0.1, 0.15) is 28.4 Å². The van der Waals surface area contributed by atoms with Crippen molar-refractivity contribution in [2.45, 2.75) is 13.8 Å². The molecule has 0 saturated carbocycles. The van der Waals surface area contributed by atoms with Crippen LogP contribution < -0.4 is 4.74 Å². The summed E-state index contributed by atoms with van der Waals surface area (Å²) in [7, 11) is 1.51. The molecule has 0 spiro atoms. The maximum Gasteiger partial charge on any atom is 0.163 e. The lowest BCUT2D eigenvalue weighted by molar-refractivity contribution is 0.101. The van der Waals surface area contributed by atoms with Crippen LogP contribution in [0.5, 0.6) is 5.75 Å². The van der Waals surface area contributed by atoms with Crippen molar-refractivity contribution in [1.29, 1.82) is 5.26 Å². The van der Waals surface area contributed by atoms with E-state index in [1.807, 2.05) is 6.07 Å². The molecule has 0 heterocycles. The second kappa shape index (κ2) is 3.93. The lowest BCUT2D eigenvalue weighted by Crippen LogP contribution is -2.02. The van der Waals surface area contributed by atoms with Gasteiger partial charge in [-0.3, -0.25) is 4.79 Å². The number of Topliss-reactive ketones (excluding diaryl/α,β-unsaturated/α-hetero) is 1. The predicted molar refractivity (Wildman–Crippen MR) is 52.5 cm³/mol. The fourth-order valence-corrected chi connectivity index (χ4v) is 1.42. The SMILES string of the molecule is COc1ccc(C#N)c(C)c1C(C)=O. The number of carbonyl (C=O) groups excluding carboxylic acids is 1. The molecule has 14 heavy (non-hydrogen) atoms. The highest BCUT2D eigenvalue weighted by molar-refractivity contribution is 5.98. The van der Waals surface area contributed by atoms with Gasteiger partial charge in [-0.2, -0.15) is 5.26 Å². The minimum atomic E-state index is -0.0866. The zero-order valence-corrected chi connectivity index (χ0v) is 8.42. The Bertz CT molecular complexity index is 416. The Balaban J connectivity index is 3.49. The Hall–Kier alpha value is -1.82. The van der Waals surface area contributed by atoms with E-state index in [0.29, 0.717) is 22.4 Å². The molecule has 0 aliphatic carbocycles. The lowest BCUT2D eigenvalue weighted by Gasteiger charge is -2.09. The number of nitrogens with zero attached hydrogens (tertiary/aromatic N) is 1. The largest absolute Gasteiger partial charge is 0.496 e. The van der Waals surface area contributed by atoms with Crippen molar-refractivity contribution in [2.24, 2.45) is 0 Å². The average molecular weight is 189 g/mol. The van der Waals surface area contributed by atoms with Crippen LogP contribution in [0.15, 0.2) is 12.1 Å². The van der Waals surface area contributed by atoms with Crippen LogP contribution in [0.25, 0.3) is 0 Å². The van der Waals surface area contributed by atoms with Crippen LogP contribution in [-0.2, 0) is 0 Å². The Morgan fingerprint density at radius 1 is 1.50 bits per heavy atom. The molecular formula is C11H11NO2. The molecule has 0 saturated heterocycles. The van der Waals surface area contributed by atoms with Crippen molar-refractivity contribution in [3.8, 4) is 11.8 Å².